The Morgan fingerprint density at radius 1 is 1.43 bits per heavy atom. The van der Waals surface area contributed by atoms with Crippen molar-refractivity contribution >= 4 is 18.3 Å². The molecule has 0 radical (unpaired) electrons. The van der Waals surface area contributed by atoms with Gasteiger partial charge in [-0.2, -0.15) is 0 Å². The molecule has 1 fully saturated rings. The quantitative estimate of drug-likeness (QED) is 0.884. The van der Waals surface area contributed by atoms with Crippen molar-refractivity contribution in [1.82, 2.24) is 5.32 Å². The molecule has 1 aromatic carbocycles. The molecule has 3 N–H and O–H groups in total. The summed E-state index contributed by atoms with van der Waals surface area (Å²) in [6.07, 6.45) is 1.12. The lowest BCUT2D eigenvalue weighted by Gasteiger charge is -2.31. The first-order valence-corrected chi connectivity index (χ1v) is 6.83. The van der Waals surface area contributed by atoms with Crippen LogP contribution in [0.25, 0.3) is 0 Å². The molecule has 0 saturated carbocycles. The number of benzene rings is 1. The topological polar surface area (TPSA) is 73.6 Å². The molecular formula is C15H23ClN2O3. The highest BCUT2D eigenvalue weighted by atomic mass is 35.5. The molecule has 1 aliphatic rings. The molecule has 1 aromatic rings. The van der Waals surface area contributed by atoms with Gasteiger partial charge in [-0.25, -0.2) is 0 Å². The van der Waals surface area contributed by atoms with E-state index in [2.05, 4.69) is 5.32 Å². The van der Waals surface area contributed by atoms with Crippen LogP contribution in [0.3, 0.4) is 0 Å². The van der Waals surface area contributed by atoms with E-state index >= 15 is 0 Å². The zero-order valence-electron chi connectivity index (χ0n) is 12.5. The number of carbonyl (C=O) groups excluding carboxylic acids is 1. The van der Waals surface area contributed by atoms with Gasteiger partial charge in [0.25, 0.3) is 0 Å². The minimum atomic E-state index is -0.809. The zero-order valence-corrected chi connectivity index (χ0v) is 13.3. The van der Waals surface area contributed by atoms with E-state index in [0.717, 1.165) is 16.9 Å². The SMILES string of the molecule is COc1cc(C)ccc1CNC(=O)C1(N)CCOCC1.Cl. The van der Waals surface area contributed by atoms with Crippen molar-refractivity contribution in [3.63, 3.8) is 0 Å². The average molecular weight is 315 g/mol. The molecule has 21 heavy (non-hydrogen) atoms. The fraction of sp³-hybridized carbons (Fsp3) is 0.533. The van der Waals surface area contributed by atoms with E-state index in [-0.39, 0.29) is 18.3 Å². The molecule has 0 unspecified atom stereocenters. The van der Waals surface area contributed by atoms with E-state index in [1.54, 1.807) is 7.11 Å². The van der Waals surface area contributed by atoms with Crippen molar-refractivity contribution in [3.8, 4) is 5.75 Å². The zero-order chi connectivity index (χ0) is 14.6. The predicted octanol–water partition coefficient (Wildman–Crippen LogP) is 1.55. The Morgan fingerprint density at radius 2 is 2.10 bits per heavy atom. The number of nitrogens with two attached hydrogens (primary N) is 1. The van der Waals surface area contributed by atoms with Crippen molar-refractivity contribution in [2.75, 3.05) is 20.3 Å². The Labute approximate surface area is 131 Å². The van der Waals surface area contributed by atoms with Crippen molar-refractivity contribution in [3.05, 3.63) is 29.3 Å². The summed E-state index contributed by atoms with van der Waals surface area (Å²) >= 11 is 0. The summed E-state index contributed by atoms with van der Waals surface area (Å²) in [5.41, 5.74) is 7.40. The molecule has 0 bridgehead atoms. The van der Waals surface area contributed by atoms with Crippen LogP contribution in [0.5, 0.6) is 5.75 Å². The second-order valence-corrected chi connectivity index (χ2v) is 5.27. The summed E-state index contributed by atoms with van der Waals surface area (Å²) in [7, 11) is 1.63. The molecule has 1 amide bonds. The first-order valence-electron chi connectivity index (χ1n) is 6.83. The first-order chi connectivity index (χ1) is 9.55. The minimum absolute atomic E-state index is 0. The maximum absolute atomic E-state index is 12.2. The molecule has 5 nitrogen and oxygen atoms in total. The van der Waals surface area contributed by atoms with E-state index < -0.39 is 5.54 Å². The van der Waals surface area contributed by atoms with Gasteiger partial charge in [-0.15, -0.1) is 12.4 Å². The third kappa shape index (κ3) is 4.33. The summed E-state index contributed by atoms with van der Waals surface area (Å²) in [6.45, 7) is 3.50. The Bertz CT molecular complexity index is 488. The van der Waals surface area contributed by atoms with Crippen LogP contribution in [-0.2, 0) is 16.1 Å². The molecule has 118 valence electrons. The van der Waals surface area contributed by atoms with Crippen LogP contribution in [0.15, 0.2) is 18.2 Å². The second kappa shape index (κ2) is 7.64. The Kier molecular flexibility index (Phi) is 6.45. The standard InChI is InChI=1S/C15H22N2O3.ClH/c1-11-3-4-12(13(9-11)19-2)10-17-14(18)15(16)5-7-20-8-6-15;/h3-4,9H,5-8,10,16H2,1-2H3,(H,17,18);1H. The summed E-state index contributed by atoms with van der Waals surface area (Å²) in [6, 6.07) is 5.91. The summed E-state index contributed by atoms with van der Waals surface area (Å²) in [5, 5.41) is 2.90. The van der Waals surface area contributed by atoms with Crippen molar-refractivity contribution in [2.45, 2.75) is 31.8 Å². The molecule has 0 aliphatic carbocycles. The van der Waals surface area contributed by atoms with Gasteiger partial charge in [0.05, 0.1) is 12.6 Å². The molecule has 2 rings (SSSR count). The van der Waals surface area contributed by atoms with E-state index in [1.807, 2.05) is 25.1 Å². The maximum Gasteiger partial charge on any atom is 0.240 e. The van der Waals surface area contributed by atoms with Crippen LogP contribution in [0.1, 0.15) is 24.0 Å². The van der Waals surface area contributed by atoms with Gasteiger partial charge in [0.1, 0.15) is 5.75 Å². The van der Waals surface area contributed by atoms with Crippen LogP contribution in [-0.4, -0.2) is 31.8 Å². The van der Waals surface area contributed by atoms with Gasteiger partial charge in [0.15, 0.2) is 0 Å². The van der Waals surface area contributed by atoms with E-state index in [9.17, 15) is 4.79 Å². The molecule has 1 aliphatic heterocycles. The molecule has 0 atom stereocenters. The molecular weight excluding hydrogens is 292 g/mol. The number of hydrogen-bond donors (Lipinski definition) is 2. The lowest BCUT2D eigenvalue weighted by atomic mass is 9.90. The van der Waals surface area contributed by atoms with Crippen molar-refractivity contribution < 1.29 is 14.3 Å². The third-order valence-electron chi connectivity index (χ3n) is 3.72. The second-order valence-electron chi connectivity index (χ2n) is 5.27. The lowest BCUT2D eigenvalue weighted by molar-refractivity contribution is -0.129. The van der Waals surface area contributed by atoms with E-state index in [4.69, 9.17) is 15.2 Å². The summed E-state index contributed by atoms with van der Waals surface area (Å²) < 4.78 is 10.6. The Balaban J connectivity index is 0.00000220. The molecule has 0 spiro atoms. The first kappa shape index (κ1) is 17.8. The van der Waals surface area contributed by atoms with Crippen molar-refractivity contribution in [2.24, 2.45) is 5.73 Å². The van der Waals surface area contributed by atoms with Crippen LogP contribution >= 0.6 is 12.4 Å². The average Bonchev–Trinajstić information content (AvgIpc) is 2.46. The highest BCUT2D eigenvalue weighted by molar-refractivity contribution is 5.86. The maximum atomic E-state index is 12.2. The van der Waals surface area contributed by atoms with Gasteiger partial charge in [-0.1, -0.05) is 12.1 Å². The molecule has 1 heterocycles. The predicted molar refractivity (Wildman–Crippen MR) is 83.8 cm³/mol. The summed E-state index contributed by atoms with van der Waals surface area (Å²) in [4.78, 5) is 12.2. The molecule has 6 heteroatoms. The molecule has 0 aromatic heterocycles. The normalized spacial score (nSPS) is 16.7. The number of methoxy groups -OCH3 is 1. The monoisotopic (exact) mass is 314 g/mol. The Hall–Kier alpha value is -1.30. The van der Waals surface area contributed by atoms with Gasteiger partial charge >= 0.3 is 0 Å². The van der Waals surface area contributed by atoms with Gasteiger partial charge < -0.3 is 20.5 Å². The van der Waals surface area contributed by atoms with Crippen LogP contribution < -0.4 is 15.8 Å². The number of nitrogens with one attached hydrogen (secondary N) is 1. The fourth-order valence-electron chi connectivity index (χ4n) is 2.31. The van der Waals surface area contributed by atoms with Gasteiger partial charge in [-0.05, 0) is 31.4 Å². The molecule has 1 saturated heterocycles. The number of halogens is 1. The minimum Gasteiger partial charge on any atom is -0.496 e. The van der Waals surface area contributed by atoms with E-state index in [1.165, 1.54) is 0 Å². The summed E-state index contributed by atoms with van der Waals surface area (Å²) in [5.74, 6) is 0.659. The van der Waals surface area contributed by atoms with Crippen LogP contribution in [0, 0.1) is 6.92 Å². The smallest absolute Gasteiger partial charge is 0.240 e. The van der Waals surface area contributed by atoms with E-state index in [0.29, 0.717) is 32.6 Å². The number of aryl methyl sites for hydroxylation is 1. The number of rotatable bonds is 4. The highest BCUT2D eigenvalue weighted by Gasteiger charge is 2.35. The van der Waals surface area contributed by atoms with Gasteiger partial charge in [-0.3, -0.25) is 4.79 Å². The van der Waals surface area contributed by atoms with Crippen LogP contribution in [0.2, 0.25) is 0 Å². The number of hydrogen-bond acceptors (Lipinski definition) is 4. The number of ether oxygens (including phenoxy) is 2. The van der Waals surface area contributed by atoms with Crippen molar-refractivity contribution in [1.29, 1.82) is 0 Å². The third-order valence-corrected chi connectivity index (χ3v) is 3.72. The number of carbonyl (C=O) groups is 1. The lowest BCUT2D eigenvalue weighted by Crippen LogP contribution is -2.56. The highest BCUT2D eigenvalue weighted by Crippen LogP contribution is 2.21. The Morgan fingerprint density at radius 3 is 2.71 bits per heavy atom. The van der Waals surface area contributed by atoms with Crippen LogP contribution in [0.4, 0.5) is 0 Å². The number of amides is 1. The van der Waals surface area contributed by atoms with Gasteiger partial charge in [0, 0.05) is 25.3 Å². The largest absolute Gasteiger partial charge is 0.496 e. The van der Waals surface area contributed by atoms with Gasteiger partial charge in [0.2, 0.25) is 5.91 Å². The fourth-order valence-corrected chi connectivity index (χ4v) is 2.31.